The molecule has 4 aromatic rings. The summed E-state index contributed by atoms with van der Waals surface area (Å²) in [6, 6.07) is 6.04. The molecule has 5 rings (SSSR count). The van der Waals surface area contributed by atoms with E-state index >= 15 is 0 Å². The molecule has 1 aromatic carbocycles. The maximum absolute atomic E-state index is 14.2. The smallest absolute Gasteiger partial charge is 0.372 e. The number of aromatic amines is 1. The lowest BCUT2D eigenvalue weighted by atomic mass is 10.1. The third-order valence-corrected chi connectivity index (χ3v) is 6.02. The highest BCUT2D eigenvalue weighted by Gasteiger charge is 2.41. The number of carbonyl (C=O) groups is 1. The summed E-state index contributed by atoms with van der Waals surface area (Å²) in [6.07, 6.45) is -7.09. The number of H-pyrrole nitrogens is 1. The monoisotopic (exact) mass is 537 g/mol. The molecule has 0 unspecified atom stereocenters. The summed E-state index contributed by atoms with van der Waals surface area (Å²) >= 11 is 0. The Labute approximate surface area is 209 Å². The Kier molecular flexibility index (Phi) is 6.21. The number of halogens is 6. The van der Waals surface area contributed by atoms with Gasteiger partial charge in [-0.3, -0.25) is 14.6 Å². The van der Waals surface area contributed by atoms with Gasteiger partial charge in [0.1, 0.15) is 6.10 Å². The van der Waals surface area contributed by atoms with Gasteiger partial charge in [-0.05, 0) is 37.1 Å². The van der Waals surface area contributed by atoms with Crippen molar-refractivity contribution in [2.45, 2.75) is 31.3 Å². The van der Waals surface area contributed by atoms with Crippen LogP contribution in [0.3, 0.4) is 0 Å². The molecule has 198 valence electrons. The number of rotatable bonds is 4. The number of hydrogen-bond donors (Lipinski definition) is 2. The molecule has 0 saturated carbocycles. The van der Waals surface area contributed by atoms with Crippen molar-refractivity contribution >= 4 is 22.4 Å². The Morgan fingerprint density at radius 2 is 1.87 bits per heavy atom. The van der Waals surface area contributed by atoms with Crippen LogP contribution >= 0.6 is 0 Å². The van der Waals surface area contributed by atoms with Gasteiger partial charge in [0.15, 0.2) is 5.69 Å². The zero-order valence-corrected chi connectivity index (χ0v) is 19.2. The first kappa shape index (κ1) is 25.4. The van der Waals surface area contributed by atoms with Crippen molar-refractivity contribution in [2.24, 2.45) is 0 Å². The van der Waals surface area contributed by atoms with Gasteiger partial charge in [0.05, 0.1) is 40.6 Å². The molecule has 0 radical (unpaired) electrons. The van der Waals surface area contributed by atoms with Crippen molar-refractivity contribution in [3.05, 3.63) is 81.8 Å². The second-order valence-corrected chi connectivity index (χ2v) is 8.47. The topological polar surface area (TPSA) is 102 Å². The molecule has 1 saturated heterocycles. The minimum atomic E-state index is -5.09. The number of amides is 1. The van der Waals surface area contributed by atoms with E-state index in [4.69, 9.17) is 4.74 Å². The average molecular weight is 537 g/mol. The zero-order valence-electron chi connectivity index (χ0n) is 19.2. The van der Waals surface area contributed by atoms with E-state index in [1.807, 2.05) is 0 Å². The Hall–Kier alpha value is -4.20. The Morgan fingerprint density at radius 1 is 1.08 bits per heavy atom. The Morgan fingerprint density at radius 3 is 2.55 bits per heavy atom. The van der Waals surface area contributed by atoms with E-state index in [9.17, 15) is 35.9 Å². The minimum Gasteiger partial charge on any atom is -0.372 e. The Balaban J connectivity index is 1.55. The normalized spacial score (nSPS) is 16.2. The largest absolute Gasteiger partial charge is 0.434 e. The molecule has 14 heteroatoms. The van der Waals surface area contributed by atoms with Gasteiger partial charge < -0.3 is 15.0 Å². The number of fused-ring (bicyclic) bond motifs is 1. The third kappa shape index (κ3) is 4.62. The molecule has 4 heterocycles. The molecule has 1 aliphatic heterocycles. The maximum atomic E-state index is 14.2. The summed E-state index contributed by atoms with van der Waals surface area (Å²) in [4.78, 5) is 31.2. The average Bonchev–Trinajstić information content (AvgIpc) is 3.54. The molecule has 0 spiro atoms. The zero-order chi connectivity index (χ0) is 27.2. The second-order valence-electron chi connectivity index (χ2n) is 8.47. The lowest BCUT2D eigenvalue weighted by Gasteiger charge is -2.18. The summed E-state index contributed by atoms with van der Waals surface area (Å²) < 4.78 is 89.4. The van der Waals surface area contributed by atoms with E-state index in [-0.39, 0.29) is 28.8 Å². The minimum absolute atomic E-state index is 0.0942. The van der Waals surface area contributed by atoms with Crippen LogP contribution in [0.25, 0.3) is 16.5 Å². The standard InChI is InChI=1S/C24H17F6N5O3/c25-23(26,27)16-9-12(10-32-19(16)18-5-2-8-38-18)34-22(37)15-11-33-35(20(15)24(28,29)30)17-4-1-3-14-13(17)6-7-31-21(14)36/h1,3-4,6-7,9-11,18H,2,5,8H2,(H,31,36)(H,34,37)/t18-/m0/s1. The fraction of sp³-hybridized carbons (Fsp3) is 0.250. The molecule has 3 aromatic heterocycles. The summed E-state index contributed by atoms with van der Waals surface area (Å²) in [6.45, 7) is 0.275. The molecule has 1 amide bonds. The second kappa shape index (κ2) is 9.28. The van der Waals surface area contributed by atoms with Crippen LogP contribution in [0.5, 0.6) is 0 Å². The van der Waals surface area contributed by atoms with E-state index in [0.717, 1.165) is 6.20 Å². The number of alkyl halides is 6. The number of carbonyl (C=O) groups excluding carboxylic acids is 1. The first-order valence-electron chi connectivity index (χ1n) is 11.2. The number of nitrogens with one attached hydrogen (secondary N) is 2. The highest BCUT2D eigenvalue weighted by molar-refractivity contribution is 6.05. The predicted molar refractivity (Wildman–Crippen MR) is 122 cm³/mol. The first-order valence-corrected chi connectivity index (χ1v) is 11.2. The molecule has 2 N–H and O–H groups in total. The van der Waals surface area contributed by atoms with E-state index in [1.165, 1.54) is 30.5 Å². The summed E-state index contributed by atoms with van der Waals surface area (Å²) in [5.41, 5.74) is -5.04. The lowest BCUT2D eigenvalue weighted by molar-refractivity contribution is -0.143. The van der Waals surface area contributed by atoms with Crippen LogP contribution in [0.1, 0.15) is 46.3 Å². The molecular weight excluding hydrogens is 520 g/mol. The summed E-state index contributed by atoms with van der Waals surface area (Å²) in [5, 5.41) is 6.03. The van der Waals surface area contributed by atoms with Crippen LogP contribution < -0.4 is 10.9 Å². The number of benzene rings is 1. The number of pyridine rings is 2. The van der Waals surface area contributed by atoms with Crippen molar-refractivity contribution in [1.29, 1.82) is 0 Å². The van der Waals surface area contributed by atoms with Gasteiger partial charge in [0, 0.05) is 23.6 Å². The number of nitrogens with zero attached hydrogens (tertiary/aromatic N) is 3. The fourth-order valence-corrected chi connectivity index (χ4v) is 4.38. The number of hydrogen-bond acceptors (Lipinski definition) is 5. The first-order chi connectivity index (χ1) is 17.9. The van der Waals surface area contributed by atoms with Gasteiger partial charge >= 0.3 is 12.4 Å². The number of ether oxygens (including phenoxy) is 1. The lowest BCUT2D eigenvalue weighted by Crippen LogP contribution is -2.21. The summed E-state index contributed by atoms with van der Waals surface area (Å²) in [5.74, 6) is -1.35. The molecule has 0 bridgehead atoms. The van der Waals surface area contributed by atoms with Crippen LogP contribution in [0.4, 0.5) is 32.0 Å². The van der Waals surface area contributed by atoms with Crippen LogP contribution in [-0.2, 0) is 17.1 Å². The van der Waals surface area contributed by atoms with Crippen LogP contribution in [0.15, 0.2) is 53.7 Å². The fourth-order valence-electron chi connectivity index (χ4n) is 4.38. The SMILES string of the molecule is O=C(Nc1cnc([C@@H]2CCCO2)c(C(F)(F)F)c1)c1cnn(-c2cccc3c(=O)[nH]ccc23)c1C(F)(F)F. The van der Waals surface area contributed by atoms with Crippen molar-refractivity contribution in [2.75, 3.05) is 11.9 Å². The molecular formula is C24H17F6N5O3. The van der Waals surface area contributed by atoms with E-state index in [2.05, 4.69) is 20.4 Å². The van der Waals surface area contributed by atoms with Crippen molar-refractivity contribution in [3.8, 4) is 5.69 Å². The number of aromatic nitrogens is 4. The van der Waals surface area contributed by atoms with Gasteiger partial charge in [-0.25, -0.2) is 4.68 Å². The van der Waals surface area contributed by atoms with Gasteiger partial charge in [0.25, 0.3) is 11.5 Å². The molecule has 8 nitrogen and oxygen atoms in total. The van der Waals surface area contributed by atoms with Crippen molar-refractivity contribution < 1.29 is 35.9 Å². The highest BCUT2D eigenvalue weighted by atomic mass is 19.4. The quantitative estimate of drug-likeness (QED) is 0.347. The molecule has 38 heavy (non-hydrogen) atoms. The van der Waals surface area contributed by atoms with Gasteiger partial charge in [-0.2, -0.15) is 31.4 Å². The Bertz CT molecular complexity index is 1590. The van der Waals surface area contributed by atoms with Crippen molar-refractivity contribution in [3.63, 3.8) is 0 Å². The maximum Gasteiger partial charge on any atom is 0.434 e. The van der Waals surface area contributed by atoms with Gasteiger partial charge in [-0.1, -0.05) is 6.07 Å². The van der Waals surface area contributed by atoms with Crippen LogP contribution in [0, 0.1) is 0 Å². The van der Waals surface area contributed by atoms with Crippen LogP contribution in [-0.4, -0.2) is 32.3 Å². The third-order valence-electron chi connectivity index (χ3n) is 6.02. The van der Waals surface area contributed by atoms with E-state index in [0.29, 0.717) is 29.8 Å². The summed E-state index contributed by atoms with van der Waals surface area (Å²) in [7, 11) is 0. The van der Waals surface area contributed by atoms with Gasteiger partial charge in [0.2, 0.25) is 0 Å². The van der Waals surface area contributed by atoms with E-state index in [1.54, 1.807) is 0 Å². The van der Waals surface area contributed by atoms with Gasteiger partial charge in [-0.15, -0.1) is 0 Å². The number of anilines is 1. The molecule has 1 fully saturated rings. The molecule has 0 aliphatic carbocycles. The van der Waals surface area contributed by atoms with Crippen LogP contribution in [0.2, 0.25) is 0 Å². The van der Waals surface area contributed by atoms with E-state index < -0.39 is 52.4 Å². The predicted octanol–water partition coefficient (Wildman–Crippen LogP) is 5.25. The van der Waals surface area contributed by atoms with Crippen molar-refractivity contribution in [1.82, 2.24) is 19.7 Å². The molecule has 1 atom stereocenters. The molecule has 1 aliphatic rings. The highest BCUT2D eigenvalue weighted by Crippen LogP contribution is 2.39.